The Morgan fingerprint density at radius 2 is 2.00 bits per heavy atom. The van der Waals surface area contributed by atoms with Crippen LogP contribution in [0.25, 0.3) is 0 Å². The van der Waals surface area contributed by atoms with Gasteiger partial charge in [-0.25, -0.2) is 0 Å². The van der Waals surface area contributed by atoms with Crippen molar-refractivity contribution < 1.29 is 0 Å². The molecule has 1 aromatic rings. The van der Waals surface area contributed by atoms with Crippen molar-refractivity contribution in [2.24, 2.45) is 0 Å². The van der Waals surface area contributed by atoms with E-state index in [0.717, 1.165) is 25.8 Å². The van der Waals surface area contributed by atoms with Crippen molar-refractivity contribution >= 4 is 11.3 Å². The fourth-order valence-electron chi connectivity index (χ4n) is 3.00. The summed E-state index contributed by atoms with van der Waals surface area (Å²) in [4.78, 5) is 7.99. The van der Waals surface area contributed by atoms with E-state index >= 15 is 0 Å². The number of nitrogens with one attached hydrogen (secondary N) is 1. The molecule has 0 aliphatic heterocycles. The predicted octanol–water partition coefficient (Wildman–Crippen LogP) is 3.17. The molecular weight excluding hydrogens is 254 g/mol. The molecule has 19 heavy (non-hydrogen) atoms. The predicted molar refractivity (Wildman–Crippen MR) is 84.9 cm³/mol. The van der Waals surface area contributed by atoms with Gasteiger partial charge in [0.2, 0.25) is 0 Å². The van der Waals surface area contributed by atoms with E-state index in [0.29, 0.717) is 6.04 Å². The first-order chi connectivity index (χ1) is 9.10. The van der Waals surface area contributed by atoms with Gasteiger partial charge in [0, 0.05) is 29.1 Å². The fraction of sp³-hybridized carbons (Fsp3) is 0.800. The van der Waals surface area contributed by atoms with Crippen LogP contribution in [-0.4, -0.2) is 42.1 Å². The Balaban J connectivity index is 2.91. The van der Waals surface area contributed by atoms with Crippen molar-refractivity contribution in [3.05, 3.63) is 16.6 Å². The maximum absolute atomic E-state index is 4.21. The molecule has 0 amide bonds. The summed E-state index contributed by atoms with van der Waals surface area (Å²) in [6, 6.07) is 0.484. The standard InChI is InChI=1S/C15H29N3S/c1-6-9-17-14(10-13-11-16-12-19-13)15(7-2,8-3)18(4)5/h11-12,14,17H,6-10H2,1-5H3. The van der Waals surface area contributed by atoms with E-state index in [2.05, 4.69) is 50.1 Å². The Labute approximate surface area is 122 Å². The van der Waals surface area contributed by atoms with Gasteiger partial charge in [-0.3, -0.25) is 4.98 Å². The van der Waals surface area contributed by atoms with Gasteiger partial charge >= 0.3 is 0 Å². The summed E-state index contributed by atoms with van der Waals surface area (Å²) in [5.41, 5.74) is 2.15. The molecule has 0 radical (unpaired) electrons. The lowest BCUT2D eigenvalue weighted by atomic mass is 9.81. The average molecular weight is 283 g/mol. The molecule has 0 bridgehead atoms. The van der Waals surface area contributed by atoms with Crippen molar-refractivity contribution in [2.75, 3.05) is 20.6 Å². The lowest BCUT2D eigenvalue weighted by Gasteiger charge is -2.45. The summed E-state index contributed by atoms with van der Waals surface area (Å²) < 4.78 is 0. The third-order valence-corrected chi connectivity index (χ3v) is 5.10. The molecule has 0 aliphatic rings. The van der Waals surface area contributed by atoms with Crippen LogP contribution in [0.2, 0.25) is 0 Å². The summed E-state index contributed by atoms with van der Waals surface area (Å²) >= 11 is 1.76. The van der Waals surface area contributed by atoms with Crippen LogP contribution in [0.15, 0.2) is 11.7 Å². The van der Waals surface area contributed by atoms with Gasteiger partial charge in [0.15, 0.2) is 0 Å². The number of rotatable bonds is 9. The molecule has 0 fully saturated rings. The molecule has 1 atom stereocenters. The van der Waals surface area contributed by atoms with Gasteiger partial charge in [0.1, 0.15) is 0 Å². The fourth-order valence-corrected chi connectivity index (χ4v) is 3.64. The number of hydrogen-bond donors (Lipinski definition) is 1. The molecule has 0 spiro atoms. The zero-order valence-electron chi connectivity index (χ0n) is 13.1. The molecule has 3 nitrogen and oxygen atoms in total. The van der Waals surface area contributed by atoms with E-state index in [1.807, 2.05) is 11.7 Å². The van der Waals surface area contributed by atoms with Crippen LogP contribution in [0, 0.1) is 0 Å². The summed E-state index contributed by atoms with van der Waals surface area (Å²) in [7, 11) is 4.42. The van der Waals surface area contributed by atoms with Crippen molar-refractivity contribution in [3.63, 3.8) is 0 Å². The van der Waals surface area contributed by atoms with E-state index in [1.165, 1.54) is 11.3 Å². The monoisotopic (exact) mass is 283 g/mol. The van der Waals surface area contributed by atoms with Crippen molar-refractivity contribution in [2.45, 2.75) is 58.0 Å². The molecule has 0 saturated carbocycles. The largest absolute Gasteiger partial charge is 0.312 e. The first-order valence-corrected chi connectivity index (χ1v) is 8.26. The van der Waals surface area contributed by atoms with Crippen molar-refractivity contribution in [3.8, 4) is 0 Å². The first kappa shape index (κ1) is 16.6. The van der Waals surface area contributed by atoms with E-state index in [9.17, 15) is 0 Å². The lowest BCUT2D eigenvalue weighted by Crippen LogP contribution is -2.59. The highest BCUT2D eigenvalue weighted by Gasteiger charge is 2.37. The van der Waals surface area contributed by atoms with Gasteiger partial charge in [-0.05, 0) is 39.9 Å². The molecule has 1 heterocycles. The van der Waals surface area contributed by atoms with Crippen LogP contribution in [0.3, 0.4) is 0 Å². The molecule has 1 N–H and O–H groups in total. The Morgan fingerprint density at radius 1 is 1.32 bits per heavy atom. The third kappa shape index (κ3) is 4.01. The van der Waals surface area contributed by atoms with E-state index in [1.54, 1.807) is 11.3 Å². The first-order valence-electron chi connectivity index (χ1n) is 7.38. The zero-order chi connectivity index (χ0) is 14.3. The second kappa shape index (κ2) is 7.98. The third-order valence-electron chi connectivity index (χ3n) is 4.29. The minimum absolute atomic E-state index is 0.221. The van der Waals surface area contributed by atoms with Crippen LogP contribution in [-0.2, 0) is 6.42 Å². The highest BCUT2D eigenvalue weighted by Crippen LogP contribution is 2.28. The number of thiazole rings is 1. The summed E-state index contributed by atoms with van der Waals surface area (Å²) in [6.45, 7) is 7.92. The molecule has 110 valence electrons. The lowest BCUT2D eigenvalue weighted by molar-refractivity contribution is 0.0885. The molecular formula is C15H29N3S. The minimum atomic E-state index is 0.221. The van der Waals surface area contributed by atoms with Crippen LogP contribution in [0.5, 0.6) is 0 Å². The summed E-state index contributed by atoms with van der Waals surface area (Å²) in [5, 5.41) is 3.77. The summed E-state index contributed by atoms with van der Waals surface area (Å²) in [5.74, 6) is 0. The van der Waals surface area contributed by atoms with Crippen molar-refractivity contribution in [1.82, 2.24) is 15.2 Å². The Morgan fingerprint density at radius 3 is 2.42 bits per heavy atom. The summed E-state index contributed by atoms with van der Waals surface area (Å²) in [6.07, 6.45) is 6.59. The smallest absolute Gasteiger partial charge is 0.0794 e. The van der Waals surface area contributed by atoms with E-state index in [-0.39, 0.29) is 5.54 Å². The minimum Gasteiger partial charge on any atom is -0.312 e. The van der Waals surface area contributed by atoms with E-state index < -0.39 is 0 Å². The van der Waals surface area contributed by atoms with Gasteiger partial charge in [-0.15, -0.1) is 11.3 Å². The SMILES string of the molecule is CCCNC(Cc1cncs1)C(CC)(CC)N(C)C. The van der Waals surface area contributed by atoms with Gasteiger partial charge in [0.05, 0.1) is 5.51 Å². The topological polar surface area (TPSA) is 28.2 Å². The number of aromatic nitrogens is 1. The van der Waals surface area contributed by atoms with Gasteiger partial charge in [0.25, 0.3) is 0 Å². The quantitative estimate of drug-likeness (QED) is 0.754. The maximum atomic E-state index is 4.21. The zero-order valence-corrected chi connectivity index (χ0v) is 13.9. The molecule has 0 aliphatic carbocycles. The number of likely N-dealkylation sites (N-methyl/N-ethyl adjacent to an activating group) is 1. The molecule has 1 unspecified atom stereocenters. The normalized spacial score (nSPS) is 14.0. The van der Waals surface area contributed by atoms with Crippen LogP contribution >= 0.6 is 11.3 Å². The highest BCUT2D eigenvalue weighted by molar-refractivity contribution is 7.09. The van der Waals surface area contributed by atoms with E-state index in [4.69, 9.17) is 0 Å². The number of nitrogens with zero attached hydrogens (tertiary/aromatic N) is 2. The van der Waals surface area contributed by atoms with Gasteiger partial charge in [-0.1, -0.05) is 20.8 Å². The second-order valence-corrected chi connectivity index (χ2v) is 6.35. The molecule has 4 heteroatoms. The molecule has 1 rings (SSSR count). The molecule has 0 aromatic carbocycles. The Hall–Kier alpha value is -0.450. The average Bonchev–Trinajstić information content (AvgIpc) is 2.90. The van der Waals surface area contributed by atoms with Crippen LogP contribution < -0.4 is 5.32 Å². The maximum Gasteiger partial charge on any atom is 0.0794 e. The van der Waals surface area contributed by atoms with Gasteiger partial charge in [-0.2, -0.15) is 0 Å². The van der Waals surface area contributed by atoms with Crippen LogP contribution in [0.1, 0.15) is 44.9 Å². The van der Waals surface area contributed by atoms with Gasteiger partial charge < -0.3 is 10.2 Å². The number of hydrogen-bond acceptors (Lipinski definition) is 4. The van der Waals surface area contributed by atoms with Crippen molar-refractivity contribution in [1.29, 1.82) is 0 Å². The Bertz CT molecular complexity index is 331. The van der Waals surface area contributed by atoms with Crippen LogP contribution in [0.4, 0.5) is 0 Å². The highest BCUT2D eigenvalue weighted by atomic mass is 32.1. The second-order valence-electron chi connectivity index (χ2n) is 5.38. The molecule has 1 aromatic heterocycles. The molecule has 0 saturated heterocycles. The Kier molecular flexibility index (Phi) is 6.97.